The molecule has 0 heterocycles. The zero-order chi connectivity index (χ0) is 12.1. The molecular formula is C10H12Na2O5Se. The van der Waals surface area contributed by atoms with Gasteiger partial charge in [0.05, 0.1) is 0 Å². The topological polar surface area (TPSA) is 97.3 Å². The maximum Gasteiger partial charge on any atom is 1.00 e. The van der Waals surface area contributed by atoms with Gasteiger partial charge in [-0.1, -0.05) is 0 Å². The molecule has 0 saturated heterocycles. The average Bonchev–Trinajstić information content (AvgIpc) is 2.15. The Hall–Kier alpha value is 1.13. The number of carbonyl (C=O) groups excluding carboxylic acids is 3. The molecule has 0 bridgehead atoms. The van der Waals surface area contributed by atoms with Crippen LogP contribution in [0, 0.1) is 0 Å². The van der Waals surface area contributed by atoms with Crippen molar-refractivity contribution in [2.24, 2.45) is 0 Å². The molecular weight excluding hydrogens is 325 g/mol. The van der Waals surface area contributed by atoms with Gasteiger partial charge in [0.2, 0.25) is 0 Å². The Morgan fingerprint density at radius 2 is 1.94 bits per heavy atom. The summed E-state index contributed by atoms with van der Waals surface area (Å²) in [5.74, 6) is -2.58. The number of hydrogen-bond acceptors (Lipinski definition) is 5. The number of aliphatic carboxylic acids is 2. The van der Waals surface area contributed by atoms with Crippen LogP contribution in [0.5, 0.6) is 0 Å². The van der Waals surface area contributed by atoms with Crippen LogP contribution >= 0.6 is 0 Å². The zero-order valence-corrected chi connectivity index (χ0v) is 16.4. The predicted octanol–water partition coefficient (Wildman–Crippen LogP) is -7.69. The van der Waals surface area contributed by atoms with Crippen molar-refractivity contribution in [3.8, 4) is 0 Å². The van der Waals surface area contributed by atoms with Crippen LogP contribution in [-0.2, 0) is 14.4 Å². The first-order valence-electron chi connectivity index (χ1n) is 5.07. The van der Waals surface area contributed by atoms with Gasteiger partial charge in [0.25, 0.3) is 0 Å². The van der Waals surface area contributed by atoms with Crippen LogP contribution in [0.25, 0.3) is 0 Å². The smallest absolute Gasteiger partial charge is 1.00 e. The number of hydrogen-bond donors (Lipinski definition) is 0. The van der Waals surface area contributed by atoms with Crippen LogP contribution in [-0.4, -0.2) is 32.7 Å². The average molecular weight is 337 g/mol. The van der Waals surface area contributed by atoms with Crippen molar-refractivity contribution >= 4 is 32.7 Å². The minimum absolute atomic E-state index is 0. The Morgan fingerprint density at radius 3 is 2.39 bits per heavy atom. The molecule has 1 aliphatic carbocycles. The fourth-order valence-corrected chi connectivity index (χ4v) is 4.59. The maximum atomic E-state index is 11.2. The van der Waals surface area contributed by atoms with Crippen molar-refractivity contribution in [3.63, 3.8) is 0 Å². The van der Waals surface area contributed by atoms with E-state index in [1.807, 2.05) is 0 Å². The van der Waals surface area contributed by atoms with E-state index >= 15 is 0 Å². The van der Waals surface area contributed by atoms with Crippen LogP contribution in [0.1, 0.15) is 32.1 Å². The zero-order valence-electron chi connectivity index (χ0n) is 10.6. The van der Waals surface area contributed by atoms with Gasteiger partial charge < -0.3 is 0 Å². The van der Waals surface area contributed by atoms with Gasteiger partial charge in [-0.15, -0.1) is 0 Å². The standard InChI is InChI=1S/C10H14O5Se.2Na/c11-6-2-1-3-7(4-6)16-8(10(14)15)5-9(12)13;;/h7-8H,1-5H2,(H,12,13)(H,14,15);;/q;2*+1/p-2. The SMILES string of the molecule is O=C([O-])CC([Se]C1CCCC(=O)C1)C(=O)[O-].[Na+].[Na+]. The molecule has 1 fully saturated rings. The Labute approximate surface area is 156 Å². The Balaban J connectivity index is 0. The molecule has 0 amide bonds. The second-order valence-electron chi connectivity index (χ2n) is 3.78. The van der Waals surface area contributed by atoms with Gasteiger partial charge in [0, 0.05) is 0 Å². The first kappa shape index (κ1) is 21.4. The molecule has 1 saturated carbocycles. The third-order valence-electron chi connectivity index (χ3n) is 2.41. The third kappa shape index (κ3) is 8.33. The summed E-state index contributed by atoms with van der Waals surface area (Å²) in [6.07, 6.45) is 2.02. The third-order valence-corrected chi connectivity index (χ3v) is 5.50. The second-order valence-corrected chi connectivity index (χ2v) is 6.94. The van der Waals surface area contributed by atoms with Gasteiger partial charge >= 0.3 is 158 Å². The number of Topliss-reactive ketones (excluding diaryl/α,β-unsaturated/α-hetero) is 1. The molecule has 0 radical (unpaired) electrons. The molecule has 0 aromatic heterocycles. The van der Waals surface area contributed by atoms with E-state index in [1.54, 1.807) is 0 Å². The molecule has 2 atom stereocenters. The molecule has 0 N–H and O–H groups in total. The van der Waals surface area contributed by atoms with E-state index in [-0.39, 0.29) is 69.7 Å². The predicted molar refractivity (Wildman–Crippen MR) is 51.4 cm³/mol. The molecule has 1 aliphatic rings. The molecule has 0 aliphatic heterocycles. The van der Waals surface area contributed by atoms with Gasteiger partial charge in [0.15, 0.2) is 0 Å². The van der Waals surface area contributed by atoms with Crippen LogP contribution in [0.3, 0.4) is 0 Å². The monoisotopic (exact) mass is 338 g/mol. The van der Waals surface area contributed by atoms with Crippen LogP contribution in [0.2, 0.25) is 9.63 Å². The number of carbonyl (C=O) groups is 3. The summed E-state index contributed by atoms with van der Waals surface area (Å²) in [4.78, 5) is 31.3. The summed E-state index contributed by atoms with van der Waals surface area (Å²) >= 11 is -0.408. The fourth-order valence-electron chi connectivity index (χ4n) is 1.67. The summed E-state index contributed by atoms with van der Waals surface area (Å²) in [6, 6.07) is 0. The van der Waals surface area contributed by atoms with Crippen molar-refractivity contribution < 1.29 is 83.7 Å². The van der Waals surface area contributed by atoms with Crippen molar-refractivity contribution in [2.45, 2.75) is 41.7 Å². The molecule has 2 unspecified atom stereocenters. The summed E-state index contributed by atoms with van der Waals surface area (Å²) in [5.41, 5.74) is 0. The van der Waals surface area contributed by atoms with E-state index in [2.05, 4.69) is 0 Å². The Morgan fingerprint density at radius 1 is 1.33 bits per heavy atom. The summed E-state index contributed by atoms with van der Waals surface area (Å²) in [6.45, 7) is 0. The quantitative estimate of drug-likeness (QED) is 0.464. The van der Waals surface area contributed by atoms with Crippen molar-refractivity contribution in [3.05, 3.63) is 0 Å². The molecule has 8 heteroatoms. The minimum atomic E-state index is -1.38. The van der Waals surface area contributed by atoms with Gasteiger partial charge in [-0.3, -0.25) is 0 Å². The number of rotatable bonds is 5. The van der Waals surface area contributed by atoms with E-state index in [0.717, 1.165) is 12.8 Å². The molecule has 5 nitrogen and oxygen atoms in total. The summed E-state index contributed by atoms with van der Waals surface area (Å²) < 4.78 is 0. The van der Waals surface area contributed by atoms with Gasteiger partial charge in [-0.2, -0.15) is 0 Å². The first-order valence-corrected chi connectivity index (χ1v) is 7.04. The van der Waals surface area contributed by atoms with Crippen LogP contribution < -0.4 is 69.3 Å². The molecule has 18 heavy (non-hydrogen) atoms. The van der Waals surface area contributed by atoms with E-state index in [4.69, 9.17) is 0 Å². The van der Waals surface area contributed by atoms with E-state index in [0.29, 0.717) is 12.8 Å². The maximum absolute atomic E-state index is 11.2. The molecule has 1 rings (SSSR count). The summed E-state index contributed by atoms with van der Waals surface area (Å²) in [7, 11) is 0. The molecule has 0 aromatic carbocycles. The Bertz CT molecular complexity index is 311. The van der Waals surface area contributed by atoms with Crippen LogP contribution in [0.15, 0.2) is 0 Å². The van der Waals surface area contributed by atoms with Gasteiger partial charge in [-0.05, 0) is 0 Å². The van der Waals surface area contributed by atoms with Gasteiger partial charge in [-0.25, -0.2) is 0 Å². The molecule has 0 aromatic rings. The molecule has 90 valence electrons. The second kappa shape index (κ2) is 10.9. The fraction of sp³-hybridized carbons (Fsp3) is 0.700. The van der Waals surface area contributed by atoms with E-state index < -0.39 is 38.1 Å². The van der Waals surface area contributed by atoms with Gasteiger partial charge in [0.1, 0.15) is 0 Å². The largest absolute Gasteiger partial charge is 1.00 e. The number of carboxylic acid groups (broad SMARTS) is 2. The first-order chi connectivity index (χ1) is 7.49. The number of ketones is 1. The van der Waals surface area contributed by atoms with Crippen molar-refractivity contribution in [2.75, 3.05) is 0 Å². The molecule has 0 spiro atoms. The summed E-state index contributed by atoms with van der Waals surface area (Å²) in [5, 5.41) is 21.1. The Kier molecular flexibility index (Phi) is 12.9. The number of carboxylic acids is 2. The van der Waals surface area contributed by atoms with Crippen molar-refractivity contribution in [1.82, 2.24) is 0 Å². The van der Waals surface area contributed by atoms with E-state index in [9.17, 15) is 24.6 Å². The van der Waals surface area contributed by atoms with Crippen molar-refractivity contribution in [1.29, 1.82) is 0 Å². The normalized spacial score (nSPS) is 20.2. The van der Waals surface area contributed by atoms with E-state index in [1.165, 1.54) is 0 Å². The van der Waals surface area contributed by atoms with Crippen LogP contribution in [0.4, 0.5) is 0 Å². The minimum Gasteiger partial charge on any atom is 1.00 e.